The maximum Gasteiger partial charge on any atom is 0.244 e. The summed E-state index contributed by atoms with van der Waals surface area (Å²) in [4.78, 5) is 28.6. The van der Waals surface area contributed by atoms with Gasteiger partial charge in [0.1, 0.15) is 24.1 Å². The highest BCUT2D eigenvalue weighted by atomic mass is 32.2. The first kappa shape index (κ1) is 30.0. The Morgan fingerprint density at radius 3 is 2.24 bits per heavy atom. The number of hydrogen-bond acceptors (Lipinski definition) is 6. The number of anilines is 1. The Hall–Kier alpha value is -3.27. The van der Waals surface area contributed by atoms with Crippen LogP contribution in [0, 0.1) is 6.92 Å². The van der Waals surface area contributed by atoms with E-state index in [1.807, 2.05) is 52.0 Å². The Labute approximate surface area is 220 Å². The van der Waals surface area contributed by atoms with Gasteiger partial charge in [0.05, 0.1) is 26.2 Å². The van der Waals surface area contributed by atoms with Crippen LogP contribution in [0.5, 0.6) is 11.5 Å². The summed E-state index contributed by atoms with van der Waals surface area (Å²) in [5.74, 6) is -0.104. The van der Waals surface area contributed by atoms with Gasteiger partial charge in [0, 0.05) is 18.7 Å². The zero-order valence-electron chi connectivity index (χ0n) is 22.8. The standard InChI is InChI=1S/C27H39N3O6S/c1-8-20(4)28-27(32)23(9-2)29(17-21-13-11-10-12-19(21)3)26(31)18-30(37(7,33)34)24-16-22(35-5)14-15-25(24)36-6/h10-16,20,23H,8-9,17-18H2,1-7H3,(H,28,32)/t20-,23-/m1/s1. The fourth-order valence-electron chi connectivity index (χ4n) is 3.92. The van der Waals surface area contributed by atoms with Gasteiger partial charge in [0.15, 0.2) is 0 Å². The first-order chi connectivity index (χ1) is 17.5. The second-order valence-electron chi connectivity index (χ2n) is 9.00. The SMILES string of the molecule is CC[C@@H](C)NC(=O)[C@@H](CC)N(Cc1ccccc1C)C(=O)CN(c1cc(OC)ccc1OC)S(C)(=O)=O. The summed E-state index contributed by atoms with van der Waals surface area (Å²) in [6, 6.07) is 11.5. The van der Waals surface area contributed by atoms with Gasteiger partial charge in [-0.25, -0.2) is 8.42 Å². The molecule has 2 rings (SSSR count). The van der Waals surface area contributed by atoms with Crippen LogP contribution in [-0.4, -0.2) is 64.2 Å². The molecule has 0 unspecified atom stereocenters. The van der Waals surface area contributed by atoms with Crippen LogP contribution < -0.4 is 19.1 Å². The Morgan fingerprint density at radius 1 is 1.03 bits per heavy atom. The summed E-state index contributed by atoms with van der Waals surface area (Å²) in [6.07, 6.45) is 2.13. The van der Waals surface area contributed by atoms with Crippen molar-refractivity contribution >= 4 is 27.5 Å². The normalized spacial score (nSPS) is 12.8. The fourth-order valence-corrected chi connectivity index (χ4v) is 4.76. The third-order valence-electron chi connectivity index (χ3n) is 6.32. The predicted molar refractivity (Wildman–Crippen MR) is 145 cm³/mol. The summed E-state index contributed by atoms with van der Waals surface area (Å²) < 4.78 is 37.5. The number of carbonyl (C=O) groups excluding carboxylic acids is 2. The number of nitrogens with one attached hydrogen (secondary N) is 1. The maximum atomic E-state index is 13.9. The van der Waals surface area contributed by atoms with E-state index < -0.39 is 28.5 Å². The molecule has 9 nitrogen and oxygen atoms in total. The quantitative estimate of drug-likeness (QED) is 0.423. The number of rotatable bonds is 13. The Kier molecular flexibility index (Phi) is 10.8. The van der Waals surface area contributed by atoms with E-state index in [0.717, 1.165) is 28.1 Å². The molecule has 1 N–H and O–H groups in total. The molecule has 2 aromatic rings. The van der Waals surface area contributed by atoms with Crippen molar-refractivity contribution in [3.63, 3.8) is 0 Å². The molecule has 10 heteroatoms. The fraction of sp³-hybridized carbons (Fsp3) is 0.481. The van der Waals surface area contributed by atoms with Crippen molar-refractivity contribution in [2.24, 2.45) is 0 Å². The lowest BCUT2D eigenvalue weighted by atomic mass is 10.1. The van der Waals surface area contributed by atoms with Gasteiger partial charge in [-0.2, -0.15) is 0 Å². The molecule has 0 aliphatic carbocycles. The molecule has 2 atom stereocenters. The molecule has 0 heterocycles. The van der Waals surface area contributed by atoms with Gasteiger partial charge in [-0.3, -0.25) is 13.9 Å². The third kappa shape index (κ3) is 7.85. The van der Waals surface area contributed by atoms with E-state index in [1.54, 1.807) is 12.1 Å². The van der Waals surface area contributed by atoms with Gasteiger partial charge in [0.25, 0.3) is 0 Å². The number of benzene rings is 2. The number of amides is 2. The number of ether oxygens (including phenoxy) is 2. The summed E-state index contributed by atoms with van der Waals surface area (Å²) in [7, 11) is -1.02. The van der Waals surface area contributed by atoms with Crippen LogP contribution in [0.2, 0.25) is 0 Å². The lowest BCUT2D eigenvalue weighted by molar-refractivity contribution is -0.140. The van der Waals surface area contributed by atoms with Gasteiger partial charge >= 0.3 is 0 Å². The van der Waals surface area contributed by atoms with Crippen molar-refractivity contribution in [3.05, 3.63) is 53.6 Å². The number of methoxy groups -OCH3 is 2. The van der Waals surface area contributed by atoms with Crippen LogP contribution in [-0.2, 0) is 26.2 Å². The van der Waals surface area contributed by atoms with Crippen molar-refractivity contribution in [1.29, 1.82) is 0 Å². The van der Waals surface area contributed by atoms with E-state index in [2.05, 4.69) is 5.32 Å². The van der Waals surface area contributed by atoms with Gasteiger partial charge in [-0.15, -0.1) is 0 Å². The van der Waals surface area contributed by atoms with E-state index >= 15 is 0 Å². The molecule has 2 amide bonds. The maximum absolute atomic E-state index is 13.9. The molecule has 0 saturated heterocycles. The van der Waals surface area contributed by atoms with Crippen LogP contribution >= 0.6 is 0 Å². The minimum Gasteiger partial charge on any atom is -0.497 e. The molecule has 2 aromatic carbocycles. The largest absolute Gasteiger partial charge is 0.497 e. The molecule has 0 radical (unpaired) electrons. The molecule has 37 heavy (non-hydrogen) atoms. The zero-order valence-corrected chi connectivity index (χ0v) is 23.6. The van der Waals surface area contributed by atoms with E-state index in [-0.39, 0.29) is 29.9 Å². The van der Waals surface area contributed by atoms with E-state index in [0.29, 0.717) is 12.2 Å². The monoisotopic (exact) mass is 533 g/mol. The van der Waals surface area contributed by atoms with Crippen LogP contribution in [0.4, 0.5) is 5.69 Å². The highest BCUT2D eigenvalue weighted by Crippen LogP contribution is 2.34. The smallest absolute Gasteiger partial charge is 0.244 e. The Balaban J connectivity index is 2.54. The van der Waals surface area contributed by atoms with Crippen molar-refractivity contribution in [1.82, 2.24) is 10.2 Å². The number of carbonyl (C=O) groups is 2. The summed E-state index contributed by atoms with van der Waals surface area (Å²) in [6.45, 7) is 7.28. The molecule has 204 valence electrons. The summed E-state index contributed by atoms with van der Waals surface area (Å²) >= 11 is 0. The number of hydrogen-bond donors (Lipinski definition) is 1. The highest BCUT2D eigenvalue weighted by molar-refractivity contribution is 7.92. The first-order valence-electron chi connectivity index (χ1n) is 12.3. The molecular formula is C27H39N3O6S. The van der Waals surface area contributed by atoms with Gasteiger partial charge < -0.3 is 19.7 Å². The highest BCUT2D eigenvalue weighted by Gasteiger charge is 2.33. The van der Waals surface area contributed by atoms with Gasteiger partial charge in [-0.1, -0.05) is 38.1 Å². The lowest BCUT2D eigenvalue weighted by Gasteiger charge is -2.34. The van der Waals surface area contributed by atoms with E-state index in [1.165, 1.54) is 25.2 Å². The second kappa shape index (κ2) is 13.3. The number of sulfonamides is 1. The average molecular weight is 534 g/mol. The van der Waals surface area contributed by atoms with E-state index in [9.17, 15) is 18.0 Å². The topological polar surface area (TPSA) is 105 Å². The molecule has 0 saturated carbocycles. The number of nitrogens with zero attached hydrogens (tertiary/aromatic N) is 2. The average Bonchev–Trinajstić information content (AvgIpc) is 2.86. The predicted octanol–water partition coefficient (Wildman–Crippen LogP) is 3.50. The first-order valence-corrected chi connectivity index (χ1v) is 14.2. The number of aryl methyl sites for hydroxylation is 1. The Morgan fingerprint density at radius 2 is 1.70 bits per heavy atom. The molecular weight excluding hydrogens is 494 g/mol. The summed E-state index contributed by atoms with van der Waals surface area (Å²) in [5.41, 5.74) is 2.01. The molecule has 0 fully saturated rings. The van der Waals surface area contributed by atoms with Crippen molar-refractivity contribution in [2.45, 2.75) is 59.2 Å². The van der Waals surface area contributed by atoms with Gasteiger partial charge in [-0.05, 0) is 49.9 Å². The zero-order chi connectivity index (χ0) is 27.8. The van der Waals surface area contributed by atoms with Crippen LogP contribution in [0.25, 0.3) is 0 Å². The second-order valence-corrected chi connectivity index (χ2v) is 10.9. The van der Waals surface area contributed by atoms with Crippen molar-refractivity contribution < 1.29 is 27.5 Å². The van der Waals surface area contributed by atoms with Gasteiger partial charge in [0.2, 0.25) is 21.8 Å². The van der Waals surface area contributed by atoms with Crippen molar-refractivity contribution in [3.8, 4) is 11.5 Å². The van der Waals surface area contributed by atoms with Crippen LogP contribution in [0.1, 0.15) is 44.7 Å². The summed E-state index contributed by atoms with van der Waals surface area (Å²) in [5, 5.41) is 2.96. The van der Waals surface area contributed by atoms with Crippen LogP contribution in [0.3, 0.4) is 0 Å². The molecule has 0 bridgehead atoms. The van der Waals surface area contributed by atoms with Crippen molar-refractivity contribution in [2.75, 3.05) is 31.3 Å². The minimum absolute atomic E-state index is 0.0643. The third-order valence-corrected chi connectivity index (χ3v) is 7.45. The molecule has 0 aliphatic heterocycles. The molecule has 0 spiro atoms. The Bertz CT molecular complexity index is 1180. The molecule has 0 aromatic heterocycles. The molecule has 0 aliphatic rings. The van der Waals surface area contributed by atoms with Crippen LogP contribution in [0.15, 0.2) is 42.5 Å². The van der Waals surface area contributed by atoms with E-state index in [4.69, 9.17) is 9.47 Å². The minimum atomic E-state index is -3.91. The lowest BCUT2D eigenvalue weighted by Crippen LogP contribution is -2.53.